The summed E-state index contributed by atoms with van der Waals surface area (Å²) in [5, 5.41) is 2.80. The first-order chi connectivity index (χ1) is 8.31. The van der Waals surface area contributed by atoms with Crippen molar-refractivity contribution >= 4 is 0 Å². The number of rotatable bonds is 5. The van der Waals surface area contributed by atoms with Crippen molar-refractivity contribution in [3.05, 3.63) is 0 Å². The van der Waals surface area contributed by atoms with Crippen LogP contribution < -0.4 is 5.32 Å². The molecule has 0 aromatic rings. The molecule has 1 N–H and O–H groups in total. The Kier molecular flexibility index (Phi) is 5.50. The minimum atomic E-state index is -4.13. The van der Waals surface area contributed by atoms with E-state index in [0.717, 1.165) is 19.3 Å². The van der Waals surface area contributed by atoms with E-state index in [4.69, 9.17) is 0 Å². The van der Waals surface area contributed by atoms with Crippen molar-refractivity contribution in [1.82, 2.24) is 5.32 Å². The van der Waals surface area contributed by atoms with Crippen LogP contribution in [0.5, 0.6) is 0 Å². The van der Waals surface area contributed by atoms with Gasteiger partial charge in [-0.15, -0.1) is 0 Å². The van der Waals surface area contributed by atoms with Gasteiger partial charge in [-0.3, -0.25) is 0 Å². The Hall–Kier alpha value is -0.250. The van der Waals surface area contributed by atoms with Crippen molar-refractivity contribution < 1.29 is 13.2 Å². The van der Waals surface area contributed by atoms with Gasteiger partial charge in [-0.1, -0.05) is 33.6 Å². The lowest BCUT2D eigenvalue weighted by atomic mass is 9.72. The number of nitrogens with one attached hydrogen (secondary N) is 1. The molecule has 1 aliphatic rings. The number of hydrogen-bond donors (Lipinski definition) is 1. The molecule has 1 aliphatic carbocycles. The van der Waals surface area contributed by atoms with Gasteiger partial charge in [0.05, 0.1) is 0 Å². The van der Waals surface area contributed by atoms with E-state index >= 15 is 0 Å². The average Bonchev–Trinajstić information content (AvgIpc) is 2.24. The molecular formula is C14H26F3N. The van der Waals surface area contributed by atoms with Crippen LogP contribution in [0.1, 0.15) is 59.3 Å². The SMILES string of the molecule is CCCNC1(C(F)(F)F)CCCC(CC(C)C)C1. The molecule has 0 saturated heterocycles. The van der Waals surface area contributed by atoms with Crippen molar-refractivity contribution in [2.24, 2.45) is 11.8 Å². The maximum atomic E-state index is 13.4. The van der Waals surface area contributed by atoms with Gasteiger partial charge in [0.2, 0.25) is 0 Å². The van der Waals surface area contributed by atoms with Gasteiger partial charge in [0.15, 0.2) is 0 Å². The molecule has 4 heteroatoms. The molecule has 1 nitrogen and oxygen atoms in total. The molecule has 18 heavy (non-hydrogen) atoms. The average molecular weight is 265 g/mol. The topological polar surface area (TPSA) is 12.0 Å². The first-order valence-electron chi connectivity index (χ1n) is 7.12. The molecule has 0 amide bonds. The van der Waals surface area contributed by atoms with Crippen LogP contribution in [0.3, 0.4) is 0 Å². The van der Waals surface area contributed by atoms with Crippen molar-refractivity contribution in [2.75, 3.05) is 6.54 Å². The van der Waals surface area contributed by atoms with Crippen LogP contribution in [0.15, 0.2) is 0 Å². The van der Waals surface area contributed by atoms with E-state index in [1.54, 1.807) is 0 Å². The Labute approximate surface area is 109 Å². The summed E-state index contributed by atoms with van der Waals surface area (Å²) in [6, 6.07) is 0. The van der Waals surface area contributed by atoms with E-state index in [-0.39, 0.29) is 18.8 Å². The second-order valence-electron chi connectivity index (χ2n) is 6.10. The Balaban J connectivity index is 2.76. The maximum absolute atomic E-state index is 13.4. The summed E-state index contributed by atoms with van der Waals surface area (Å²) in [7, 11) is 0. The molecule has 108 valence electrons. The number of hydrogen-bond acceptors (Lipinski definition) is 1. The molecule has 2 atom stereocenters. The summed E-state index contributed by atoms with van der Waals surface area (Å²) >= 11 is 0. The first-order valence-corrected chi connectivity index (χ1v) is 7.12. The second kappa shape index (κ2) is 6.27. The fraction of sp³-hybridized carbons (Fsp3) is 1.00. The lowest BCUT2D eigenvalue weighted by Gasteiger charge is -2.43. The lowest BCUT2D eigenvalue weighted by molar-refractivity contribution is -0.210. The smallest absolute Gasteiger partial charge is 0.304 e. The zero-order chi connectivity index (χ0) is 13.8. The Morgan fingerprint density at radius 1 is 1.33 bits per heavy atom. The molecule has 1 saturated carbocycles. The van der Waals surface area contributed by atoms with Gasteiger partial charge in [-0.25, -0.2) is 0 Å². The highest BCUT2D eigenvalue weighted by atomic mass is 19.4. The van der Waals surface area contributed by atoms with E-state index in [9.17, 15) is 13.2 Å². The summed E-state index contributed by atoms with van der Waals surface area (Å²) in [4.78, 5) is 0. The van der Waals surface area contributed by atoms with Crippen LogP contribution in [0, 0.1) is 11.8 Å². The predicted molar refractivity (Wildman–Crippen MR) is 68.5 cm³/mol. The van der Waals surface area contributed by atoms with Gasteiger partial charge in [-0.05, 0) is 44.1 Å². The fourth-order valence-electron chi connectivity index (χ4n) is 3.14. The highest BCUT2D eigenvalue weighted by Gasteiger charge is 2.55. The fourth-order valence-corrected chi connectivity index (χ4v) is 3.14. The Morgan fingerprint density at radius 2 is 2.00 bits per heavy atom. The maximum Gasteiger partial charge on any atom is 0.406 e. The van der Waals surface area contributed by atoms with E-state index < -0.39 is 11.7 Å². The largest absolute Gasteiger partial charge is 0.406 e. The van der Waals surface area contributed by atoms with Crippen molar-refractivity contribution in [3.63, 3.8) is 0 Å². The summed E-state index contributed by atoms with van der Waals surface area (Å²) in [5.74, 6) is 0.690. The summed E-state index contributed by atoms with van der Waals surface area (Å²) < 4.78 is 40.1. The van der Waals surface area contributed by atoms with Crippen LogP contribution in [0.25, 0.3) is 0 Å². The van der Waals surface area contributed by atoms with E-state index in [1.165, 1.54) is 0 Å². The monoisotopic (exact) mass is 265 g/mol. The van der Waals surface area contributed by atoms with Crippen molar-refractivity contribution in [1.29, 1.82) is 0 Å². The molecule has 2 unspecified atom stereocenters. The van der Waals surface area contributed by atoms with Gasteiger partial charge < -0.3 is 5.32 Å². The summed E-state index contributed by atoms with van der Waals surface area (Å²) in [6.07, 6.45) is -0.340. The first kappa shape index (κ1) is 15.8. The van der Waals surface area contributed by atoms with Crippen LogP contribution in [-0.2, 0) is 0 Å². The quantitative estimate of drug-likeness (QED) is 0.770. The normalized spacial score (nSPS) is 29.8. The van der Waals surface area contributed by atoms with Gasteiger partial charge >= 0.3 is 6.18 Å². The molecule has 1 rings (SSSR count). The molecule has 0 bridgehead atoms. The Bertz CT molecular complexity index is 250. The van der Waals surface area contributed by atoms with Crippen LogP contribution in [0.4, 0.5) is 13.2 Å². The summed E-state index contributed by atoms with van der Waals surface area (Å²) in [5.41, 5.74) is -1.62. The number of halogens is 3. The zero-order valence-corrected chi connectivity index (χ0v) is 11.7. The minimum absolute atomic E-state index is 0.213. The molecule has 0 aliphatic heterocycles. The standard InChI is InChI=1S/C14H26F3N/c1-4-8-18-13(14(15,16)17)7-5-6-12(10-13)9-11(2)3/h11-12,18H,4-10H2,1-3H3. The number of alkyl halides is 3. The molecule has 0 aromatic carbocycles. The van der Waals surface area contributed by atoms with E-state index in [0.29, 0.717) is 18.9 Å². The van der Waals surface area contributed by atoms with Crippen LogP contribution in [0.2, 0.25) is 0 Å². The molecular weight excluding hydrogens is 239 g/mol. The van der Waals surface area contributed by atoms with Crippen LogP contribution in [-0.4, -0.2) is 18.3 Å². The van der Waals surface area contributed by atoms with E-state index in [2.05, 4.69) is 19.2 Å². The lowest BCUT2D eigenvalue weighted by Crippen LogP contribution is -2.59. The Morgan fingerprint density at radius 3 is 2.50 bits per heavy atom. The van der Waals surface area contributed by atoms with Gasteiger partial charge in [0, 0.05) is 0 Å². The third-order valence-corrected chi connectivity index (χ3v) is 3.91. The second-order valence-corrected chi connectivity index (χ2v) is 6.10. The third kappa shape index (κ3) is 3.87. The van der Waals surface area contributed by atoms with E-state index in [1.807, 2.05) is 6.92 Å². The van der Waals surface area contributed by atoms with Gasteiger partial charge in [-0.2, -0.15) is 13.2 Å². The minimum Gasteiger partial charge on any atom is -0.304 e. The van der Waals surface area contributed by atoms with Crippen molar-refractivity contribution in [3.8, 4) is 0 Å². The summed E-state index contributed by atoms with van der Waals surface area (Å²) in [6.45, 7) is 6.53. The third-order valence-electron chi connectivity index (χ3n) is 3.91. The van der Waals surface area contributed by atoms with Gasteiger partial charge in [0.25, 0.3) is 0 Å². The van der Waals surface area contributed by atoms with Crippen LogP contribution >= 0.6 is 0 Å². The highest BCUT2D eigenvalue weighted by molar-refractivity contribution is 4.99. The van der Waals surface area contributed by atoms with Gasteiger partial charge in [0.1, 0.15) is 5.54 Å². The molecule has 0 heterocycles. The van der Waals surface area contributed by atoms with Crippen molar-refractivity contribution in [2.45, 2.75) is 71.0 Å². The molecule has 1 fully saturated rings. The predicted octanol–water partition coefficient (Wildman–Crippen LogP) is 4.52. The highest BCUT2D eigenvalue weighted by Crippen LogP contribution is 2.45. The molecule has 0 spiro atoms. The molecule has 0 radical (unpaired) electrons. The molecule has 0 aromatic heterocycles. The zero-order valence-electron chi connectivity index (χ0n) is 11.7.